The van der Waals surface area contributed by atoms with Gasteiger partial charge in [0, 0.05) is 12.7 Å². The molecule has 1 aromatic carbocycles. The third-order valence-corrected chi connectivity index (χ3v) is 2.31. The molecule has 5 nitrogen and oxygen atoms in total. The van der Waals surface area contributed by atoms with Crippen LogP contribution in [0.15, 0.2) is 42.6 Å². The summed E-state index contributed by atoms with van der Waals surface area (Å²) in [5.74, 6) is 1.91. The number of benzene rings is 1. The summed E-state index contributed by atoms with van der Waals surface area (Å²) in [5.41, 5.74) is 5.48. The zero-order chi connectivity index (χ0) is 12.6. The van der Waals surface area contributed by atoms with Crippen molar-refractivity contribution in [1.82, 2.24) is 9.97 Å². The van der Waals surface area contributed by atoms with Crippen LogP contribution in [0.2, 0.25) is 0 Å². The zero-order valence-corrected chi connectivity index (χ0v) is 10.0. The first-order valence-corrected chi connectivity index (χ1v) is 5.85. The first-order valence-electron chi connectivity index (χ1n) is 5.85. The highest BCUT2D eigenvalue weighted by Crippen LogP contribution is 2.08. The summed E-state index contributed by atoms with van der Waals surface area (Å²) in [7, 11) is 0. The van der Waals surface area contributed by atoms with Gasteiger partial charge in [-0.2, -0.15) is 4.98 Å². The van der Waals surface area contributed by atoms with Gasteiger partial charge < -0.3 is 15.8 Å². The maximum Gasteiger partial charge on any atom is 0.221 e. The molecule has 2 aromatic rings. The van der Waals surface area contributed by atoms with E-state index in [-0.39, 0.29) is 5.95 Å². The number of ether oxygens (including phenoxy) is 1. The number of hydrogen-bond acceptors (Lipinski definition) is 5. The molecule has 18 heavy (non-hydrogen) atoms. The second-order valence-electron chi connectivity index (χ2n) is 3.74. The number of hydrogen-bond donors (Lipinski definition) is 2. The van der Waals surface area contributed by atoms with Crippen LogP contribution in [0, 0.1) is 0 Å². The van der Waals surface area contributed by atoms with Crippen molar-refractivity contribution in [2.24, 2.45) is 0 Å². The lowest BCUT2D eigenvalue weighted by Crippen LogP contribution is -2.09. The molecule has 1 heterocycles. The van der Waals surface area contributed by atoms with Crippen LogP contribution >= 0.6 is 0 Å². The fourth-order valence-electron chi connectivity index (χ4n) is 1.47. The van der Waals surface area contributed by atoms with Crippen molar-refractivity contribution < 1.29 is 4.74 Å². The summed E-state index contributed by atoms with van der Waals surface area (Å²) in [6.07, 6.45) is 2.52. The number of nitrogens with zero attached hydrogens (tertiary/aromatic N) is 2. The third kappa shape index (κ3) is 3.93. The predicted molar refractivity (Wildman–Crippen MR) is 71.5 cm³/mol. The minimum absolute atomic E-state index is 0.278. The molecule has 0 saturated heterocycles. The SMILES string of the molecule is Nc1nccc(NCCCOc2ccccc2)n1. The van der Waals surface area contributed by atoms with E-state index in [0.717, 1.165) is 24.5 Å². The summed E-state index contributed by atoms with van der Waals surface area (Å²) >= 11 is 0. The summed E-state index contributed by atoms with van der Waals surface area (Å²) in [4.78, 5) is 7.87. The summed E-state index contributed by atoms with van der Waals surface area (Å²) in [5, 5.41) is 3.16. The standard InChI is InChI=1S/C13H16N4O/c14-13-16-9-7-12(17-13)15-8-4-10-18-11-5-2-1-3-6-11/h1-3,5-7,9H,4,8,10H2,(H3,14,15,16,17). The Labute approximate surface area is 106 Å². The maximum atomic E-state index is 5.57. The molecular weight excluding hydrogens is 228 g/mol. The van der Waals surface area contributed by atoms with Crippen molar-refractivity contribution in [2.75, 3.05) is 24.2 Å². The molecule has 2 rings (SSSR count). The van der Waals surface area contributed by atoms with Gasteiger partial charge in [-0.05, 0) is 24.6 Å². The lowest BCUT2D eigenvalue weighted by Gasteiger charge is -2.07. The summed E-state index contributed by atoms with van der Waals surface area (Å²) in [6.45, 7) is 1.45. The van der Waals surface area contributed by atoms with Gasteiger partial charge >= 0.3 is 0 Å². The Kier molecular flexibility index (Phi) is 4.35. The van der Waals surface area contributed by atoms with E-state index in [1.54, 1.807) is 12.3 Å². The van der Waals surface area contributed by atoms with E-state index in [2.05, 4.69) is 15.3 Å². The van der Waals surface area contributed by atoms with E-state index in [9.17, 15) is 0 Å². The smallest absolute Gasteiger partial charge is 0.221 e. The summed E-state index contributed by atoms with van der Waals surface area (Å²) < 4.78 is 5.57. The Bertz CT molecular complexity index is 475. The normalized spacial score (nSPS) is 10.0. The molecule has 0 aliphatic heterocycles. The minimum Gasteiger partial charge on any atom is -0.494 e. The van der Waals surface area contributed by atoms with Gasteiger partial charge in [-0.25, -0.2) is 4.98 Å². The van der Waals surface area contributed by atoms with Gasteiger partial charge in [-0.15, -0.1) is 0 Å². The molecule has 3 N–H and O–H groups in total. The molecule has 94 valence electrons. The number of nitrogens with one attached hydrogen (secondary N) is 1. The largest absolute Gasteiger partial charge is 0.494 e. The van der Waals surface area contributed by atoms with Crippen LogP contribution in [0.25, 0.3) is 0 Å². The Morgan fingerprint density at radius 1 is 1.17 bits per heavy atom. The number of rotatable bonds is 6. The highest BCUT2D eigenvalue weighted by atomic mass is 16.5. The average Bonchev–Trinajstić information content (AvgIpc) is 2.40. The molecule has 0 atom stereocenters. The van der Waals surface area contributed by atoms with E-state index in [4.69, 9.17) is 10.5 Å². The van der Waals surface area contributed by atoms with Crippen molar-refractivity contribution >= 4 is 11.8 Å². The van der Waals surface area contributed by atoms with E-state index in [0.29, 0.717) is 6.61 Å². The highest BCUT2D eigenvalue weighted by molar-refractivity contribution is 5.37. The number of nitrogens with two attached hydrogens (primary N) is 1. The van der Waals surface area contributed by atoms with Gasteiger partial charge in [0.2, 0.25) is 5.95 Å². The fourth-order valence-corrected chi connectivity index (χ4v) is 1.47. The Hall–Kier alpha value is -2.30. The number of nitrogen functional groups attached to an aromatic ring is 1. The highest BCUT2D eigenvalue weighted by Gasteiger charge is 1.95. The molecule has 0 unspecified atom stereocenters. The first kappa shape index (κ1) is 12.2. The van der Waals surface area contributed by atoms with Crippen LogP contribution < -0.4 is 15.8 Å². The van der Waals surface area contributed by atoms with Gasteiger partial charge in [0.05, 0.1) is 6.61 Å². The molecule has 0 radical (unpaired) electrons. The van der Waals surface area contributed by atoms with Crippen LogP contribution in [0.5, 0.6) is 5.75 Å². The topological polar surface area (TPSA) is 73.1 Å². The van der Waals surface area contributed by atoms with Crippen molar-refractivity contribution in [3.05, 3.63) is 42.6 Å². The lowest BCUT2D eigenvalue weighted by atomic mass is 10.3. The van der Waals surface area contributed by atoms with Crippen molar-refractivity contribution in [2.45, 2.75) is 6.42 Å². The second-order valence-corrected chi connectivity index (χ2v) is 3.74. The van der Waals surface area contributed by atoms with Crippen LogP contribution in [0.4, 0.5) is 11.8 Å². The van der Waals surface area contributed by atoms with Crippen LogP contribution in [-0.4, -0.2) is 23.1 Å². The second kappa shape index (κ2) is 6.44. The van der Waals surface area contributed by atoms with E-state index in [1.807, 2.05) is 30.3 Å². The maximum absolute atomic E-state index is 5.57. The van der Waals surface area contributed by atoms with Gasteiger partial charge in [0.25, 0.3) is 0 Å². The van der Waals surface area contributed by atoms with Gasteiger partial charge in [-0.1, -0.05) is 18.2 Å². The Morgan fingerprint density at radius 2 is 2.00 bits per heavy atom. The fraction of sp³-hybridized carbons (Fsp3) is 0.231. The number of anilines is 2. The van der Waals surface area contributed by atoms with Gasteiger partial charge in [-0.3, -0.25) is 0 Å². The van der Waals surface area contributed by atoms with Gasteiger partial charge in [0.1, 0.15) is 11.6 Å². The van der Waals surface area contributed by atoms with E-state index >= 15 is 0 Å². The van der Waals surface area contributed by atoms with Crippen LogP contribution in [0.3, 0.4) is 0 Å². The lowest BCUT2D eigenvalue weighted by molar-refractivity contribution is 0.315. The average molecular weight is 244 g/mol. The predicted octanol–water partition coefficient (Wildman–Crippen LogP) is 1.94. The molecule has 0 amide bonds. The molecule has 0 saturated carbocycles. The van der Waals surface area contributed by atoms with E-state index < -0.39 is 0 Å². The molecule has 5 heteroatoms. The van der Waals surface area contributed by atoms with Crippen molar-refractivity contribution in [3.8, 4) is 5.75 Å². The monoisotopic (exact) mass is 244 g/mol. The Balaban J connectivity index is 1.65. The van der Waals surface area contributed by atoms with Crippen LogP contribution in [-0.2, 0) is 0 Å². The van der Waals surface area contributed by atoms with Crippen molar-refractivity contribution in [3.63, 3.8) is 0 Å². The quantitative estimate of drug-likeness (QED) is 0.760. The molecule has 1 aromatic heterocycles. The molecule has 0 fully saturated rings. The molecular formula is C13H16N4O. The molecule has 0 bridgehead atoms. The van der Waals surface area contributed by atoms with Crippen LogP contribution in [0.1, 0.15) is 6.42 Å². The molecule has 0 aliphatic rings. The summed E-state index contributed by atoms with van der Waals surface area (Å²) in [6, 6.07) is 11.5. The minimum atomic E-state index is 0.278. The Morgan fingerprint density at radius 3 is 2.78 bits per heavy atom. The molecule has 0 spiro atoms. The molecule has 0 aliphatic carbocycles. The van der Waals surface area contributed by atoms with Gasteiger partial charge in [0.15, 0.2) is 0 Å². The van der Waals surface area contributed by atoms with E-state index in [1.165, 1.54) is 0 Å². The number of para-hydroxylation sites is 1. The van der Waals surface area contributed by atoms with Crippen molar-refractivity contribution in [1.29, 1.82) is 0 Å². The zero-order valence-electron chi connectivity index (χ0n) is 10.0. The first-order chi connectivity index (χ1) is 8.84. The number of aromatic nitrogens is 2. The third-order valence-electron chi connectivity index (χ3n) is 2.31.